The second-order valence-corrected chi connectivity index (χ2v) is 12.5. The lowest BCUT2D eigenvalue weighted by Gasteiger charge is -2.22. The first-order valence-electron chi connectivity index (χ1n) is 11.8. The summed E-state index contributed by atoms with van der Waals surface area (Å²) in [7, 11) is 0. The number of thiophene rings is 1. The molecule has 2 aromatic heterocycles. The van der Waals surface area contributed by atoms with E-state index in [2.05, 4.69) is 120 Å². The van der Waals surface area contributed by atoms with E-state index in [4.69, 9.17) is 0 Å². The minimum Gasteiger partial charge on any atom is -0.269 e. The molecule has 0 amide bonds. The van der Waals surface area contributed by atoms with E-state index in [-0.39, 0.29) is 10.8 Å². The first-order valence-corrected chi connectivity index (χ1v) is 12.7. The lowest BCUT2D eigenvalue weighted by molar-refractivity contribution is -0.569. The van der Waals surface area contributed by atoms with Crippen LogP contribution in [-0.4, -0.2) is 0 Å². The van der Waals surface area contributed by atoms with Crippen LogP contribution in [0.2, 0.25) is 0 Å². The zero-order valence-electron chi connectivity index (χ0n) is 20.8. The number of nitrogens with zero attached hydrogens (tertiary/aromatic N) is 1. The quantitative estimate of drug-likeness (QED) is 0.187. The number of hydrogen-bond donors (Lipinski definition) is 0. The summed E-state index contributed by atoms with van der Waals surface area (Å²) in [4.78, 5) is 1.26. The second kappa shape index (κ2) is 7.67. The number of rotatable bonds is 2. The van der Waals surface area contributed by atoms with Gasteiger partial charge in [0.2, 0.25) is 0 Å². The molecule has 0 aliphatic rings. The summed E-state index contributed by atoms with van der Waals surface area (Å²) in [6.07, 6.45) is 4.62. The van der Waals surface area contributed by atoms with E-state index < -0.39 is 0 Å². The van der Waals surface area contributed by atoms with Gasteiger partial charge in [-0.3, -0.25) is 4.57 Å². The van der Waals surface area contributed by atoms with E-state index in [1.807, 2.05) is 11.3 Å². The fraction of sp³-hybridized carbons (Fsp3) is 0.323. The van der Waals surface area contributed by atoms with Gasteiger partial charge in [-0.15, -0.1) is 17.4 Å². The van der Waals surface area contributed by atoms with E-state index in [9.17, 15) is 0 Å². The standard InChI is InChI=1S/C31H33NS/c1-20-22(19-30(2,3)4)14-15-25-26-13-10-16-32(29(26)33-28(20)25)23-17-21-11-8-9-12-24(21)27(18-23)31(5,6)7/h8-15,17-18H,19H2,1-7H3. The minimum atomic E-state index is 0.0582. The van der Waals surface area contributed by atoms with Gasteiger partial charge in [0.05, 0.1) is 0 Å². The Kier molecular flexibility index (Phi) is 5.14. The van der Waals surface area contributed by atoms with Gasteiger partial charge in [0, 0.05) is 4.70 Å². The third-order valence-electron chi connectivity index (χ3n) is 6.53. The van der Waals surface area contributed by atoms with Crippen LogP contribution in [0.25, 0.3) is 36.8 Å². The number of hydrogen-bond acceptors (Lipinski definition) is 1. The highest BCUT2D eigenvalue weighted by Gasteiger charge is 2.21. The smallest absolute Gasteiger partial charge is 0.187 e. The molecule has 2 heteroatoms. The van der Waals surface area contributed by atoms with Crippen molar-refractivity contribution in [2.75, 3.05) is 0 Å². The van der Waals surface area contributed by atoms with E-state index in [1.165, 1.54) is 53.5 Å². The molecule has 5 rings (SSSR count). The molecule has 0 aliphatic heterocycles. The normalized spacial score (nSPS) is 12.8. The van der Waals surface area contributed by atoms with Crippen LogP contribution in [0.1, 0.15) is 58.2 Å². The molecule has 0 spiro atoms. The van der Waals surface area contributed by atoms with E-state index in [1.54, 1.807) is 0 Å². The van der Waals surface area contributed by atoms with Gasteiger partial charge in [0.1, 0.15) is 5.69 Å². The van der Waals surface area contributed by atoms with Crippen LogP contribution >= 0.6 is 11.3 Å². The Morgan fingerprint density at radius 1 is 0.848 bits per heavy atom. The molecule has 5 aromatic rings. The van der Waals surface area contributed by atoms with Crippen molar-refractivity contribution in [2.45, 2.75) is 60.3 Å². The number of aryl methyl sites for hydroxylation is 1. The summed E-state index contributed by atoms with van der Waals surface area (Å²) in [5, 5.41) is 5.28. The van der Waals surface area contributed by atoms with Crippen molar-refractivity contribution in [3.05, 3.63) is 83.6 Å². The Morgan fingerprint density at radius 3 is 2.33 bits per heavy atom. The van der Waals surface area contributed by atoms with Crippen molar-refractivity contribution in [2.24, 2.45) is 5.41 Å². The number of fused-ring (bicyclic) bond motifs is 4. The van der Waals surface area contributed by atoms with Gasteiger partial charge >= 0.3 is 0 Å². The van der Waals surface area contributed by atoms with Crippen LogP contribution < -0.4 is 4.57 Å². The molecule has 168 valence electrons. The molecule has 3 aromatic carbocycles. The third-order valence-corrected chi connectivity index (χ3v) is 7.85. The Hall–Kier alpha value is -2.71. The lowest BCUT2D eigenvalue weighted by atomic mass is 9.83. The van der Waals surface area contributed by atoms with Gasteiger partial charge in [-0.05, 0) is 74.5 Å². The zero-order chi connectivity index (χ0) is 23.5. The van der Waals surface area contributed by atoms with Gasteiger partial charge in [0.15, 0.2) is 11.0 Å². The maximum atomic E-state index is 3.53. The first kappa shape index (κ1) is 22.1. The third kappa shape index (κ3) is 3.95. The molecule has 0 saturated heterocycles. The summed E-state index contributed by atoms with van der Waals surface area (Å²) in [5.74, 6) is 0. The van der Waals surface area contributed by atoms with E-state index >= 15 is 0 Å². The molecule has 0 fully saturated rings. The second-order valence-electron chi connectivity index (χ2n) is 11.5. The molecule has 0 N–H and O–H groups in total. The van der Waals surface area contributed by atoms with Crippen molar-refractivity contribution >= 4 is 42.4 Å². The van der Waals surface area contributed by atoms with Crippen LogP contribution in [0.15, 0.2) is 60.7 Å². The Balaban J connectivity index is 1.78. The first-order chi connectivity index (χ1) is 15.5. The predicted molar refractivity (Wildman–Crippen MR) is 144 cm³/mol. The number of aromatic nitrogens is 1. The molecule has 1 nitrogen and oxygen atoms in total. The molecule has 0 aliphatic carbocycles. The van der Waals surface area contributed by atoms with E-state index in [0.29, 0.717) is 0 Å². The average molecular weight is 452 g/mol. The summed E-state index contributed by atoms with van der Waals surface area (Å²) >= 11 is 1.90. The van der Waals surface area contributed by atoms with Gasteiger partial charge in [-0.2, -0.15) is 0 Å². The SMILES string of the molecule is Cc1c(CC(C)(C)C)ccc2c1sc1c2cc[c-][n+]1-c1cc(C(C)(C)C)c2ccccc2c1. The van der Waals surface area contributed by atoms with Crippen LogP contribution in [-0.2, 0) is 11.8 Å². The number of benzene rings is 3. The largest absolute Gasteiger partial charge is 0.269 e. The zero-order valence-corrected chi connectivity index (χ0v) is 21.7. The van der Waals surface area contributed by atoms with Crippen molar-refractivity contribution in [3.8, 4) is 5.69 Å². The summed E-state index contributed by atoms with van der Waals surface area (Å²) in [6.45, 7) is 16.1. The highest BCUT2D eigenvalue weighted by atomic mass is 32.1. The van der Waals surface area contributed by atoms with Crippen LogP contribution in [0.5, 0.6) is 0 Å². The Morgan fingerprint density at radius 2 is 1.61 bits per heavy atom. The van der Waals surface area contributed by atoms with Crippen molar-refractivity contribution in [1.82, 2.24) is 0 Å². The summed E-state index contributed by atoms with van der Waals surface area (Å²) in [5.41, 5.74) is 5.77. The average Bonchev–Trinajstić information content (AvgIpc) is 3.13. The molecule has 2 heterocycles. The van der Waals surface area contributed by atoms with Gasteiger partial charge in [0.25, 0.3) is 0 Å². The molecular formula is C31H33NS. The molecule has 33 heavy (non-hydrogen) atoms. The fourth-order valence-corrected chi connectivity index (χ4v) is 6.23. The van der Waals surface area contributed by atoms with Gasteiger partial charge in [-0.25, -0.2) is 0 Å². The monoisotopic (exact) mass is 451 g/mol. The van der Waals surface area contributed by atoms with Crippen LogP contribution in [0.4, 0.5) is 0 Å². The van der Waals surface area contributed by atoms with Gasteiger partial charge < -0.3 is 0 Å². The highest BCUT2D eigenvalue weighted by molar-refractivity contribution is 7.25. The van der Waals surface area contributed by atoms with Crippen LogP contribution in [0, 0.1) is 18.5 Å². The lowest BCUT2D eigenvalue weighted by Crippen LogP contribution is -2.31. The Bertz CT molecular complexity index is 1510. The number of pyridine rings is 1. The highest BCUT2D eigenvalue weighted by Crippen LogP contribution is 2.38. The molecular weight excluding hydrogens is 418 g/mol. The van der Waals surface area contributed by atoms with Crippen LogP contribution in [0.3, 0.4) is 0 Å². The molecule has 0 bridgehead atoms. The fourth-order valence-electron chi connectivity index (χ4n) is 4.92. The van der Waals surface area contributed by atoms with Crippen molar-refractivity contribution in [3.63, 3.8) is 0 Å². The van der Waals surface area contributed by atoms with Gasteiger partial charge in [-0.1, -0.05) is 84.0 Å². The summed E-state index contributed by atoms with van der Waals surface area (Å²) in [6, 6.07) is 22.4. The van der Waals surface area contributed by atoms with Crippen molar-refractivity contribution in [1.29, 1.82) is 0 Å². The molecule has 0 radical (unpaired) electrons. The Labute approximate surface area is 201 Å². The maximum absolute atomic E-state index is 3.53. The van der Waals surface area contributed by atoms with Crippen molar-refractivity contribution < 1.29 is 4.57 Å². The summed E-state index contributed by atoms with van der Waals surface area (Å²) < 4.78 is 3.67. The minimum absolute atomic E-state index is 0.0582. The topological polar surface area (TPSA) is 3.88 Å². The predicted octanol–water partition coefficient (Wildman–Crippen LogP) is 8.48. The van der Waals surface area contributed by atoms with E-state index in [0.717, 1.165) is 6.42 Å². The molecule has 0 saturated carbocycles. The molecule has 0 atom stereocenters. The maximum Gasteiger partial charge on any atom is 0.187 e. The molecule has 0 unspecified atom stereocenters.